The molecule has 0 aliphatic rings. The first-order valence-electron chi connectivity index (χ1n) is 6.29. The molecule has 0 aliphatic heterocycles. The fourth-order valence-corrected chi connectivity index (χ4v) is 2.35. The Kier molecular flexibility index (Phi) is 4.01. The quantitative estimate of drug-likeness (QED) is 0.851. The summed E-state index contributed by atoms with van der Waals surface area (Å²) in [6, 6.07) is 12.3. The summed E-state index contributed by atoms with van der Waals surface area (Å²) >= 11 is 5.94. The number of hydrogen-bond donors (Lipinski definition) is 1. The van der Waals surface area contributed by atoms with Crippen molar-refractivity contribution in [2.24, 2.45) is 0 Å². The summed E-state index contributed by atoms with van der Waals surface area (Å²) in [5, 5.41) is 0.609. The van der Waals surface area contributed by atoms with Crippen LogP contribution in [0.25, 0.3) is 0 Å². The lowest BCUT2D eigenvalue weighted by molar-refractivity contribution is 0.921. The highest BCUT2D eigenvalue weighted by atomic mass is 35.5. The lowest BCUT2D eigenvalue weighted by atomic mass is 10.1. The predicted octanol–water partition coefficient (Wildman–Crippen LogP) is 4.18. The van der Waals surface area contributed by atoms with Crippen molar-refractivity contribution in [3.05, 3.63) is 58.1 Å². The van der Waals surface area contributed by atoms with Crippen molar-refractivity contribution in [3.63, 3.8) is 0 Å². The summed E-state index contributed by atoms with van der Waals surface area (Å²) < 4.78 is 0. The molecule has 0 fully saturated rings. The second-order valence-electron chi connectivity index (χ2n) is 5.06. The topological polar surface area (TPSA) is 29.3 Å². The van der Waals surface area contributed by atoms with E-state index >= 15 is 0 Å². The summed E-state index contributed by atoms with van der Waals surface area (Å²) in [6.45, 7) is 5.04. The lowest BCUT2D eigenvalue weighted by Crippen LogP contribution is -2.16. The fourth-order valence-electron chi connectivity index (χ4n) is 2.23. The third kappa shape index (κ3) is 3.42. The molecule has 0 bridgehead atoms. The minimum atomic E-state index is 0.609. The van der Waals surface area contributed by atoms with E-state index in [2.05, 4.69) is 44.0 Å². The zero-order valence-electron chi connectivity index (χ0n) is 11.6. The Morgan fingerprint density at radius 2 is 1.68 bits per heavy atom. The normalized spacial score (nSPS) is 10.5. The SMILES string of the molecule is Cc1cc(C)cc(N(C)Cc2ccc(Cl)c(N)c2)c1. The van der Waals surface area contributed by atoms with Crippen LogP contribution >= 0.6 is 11.6 Å². The Balaban J connectivity index is 2.20. The minimum absolute atomic E-state index is 0.609. The Morgan fingerprint density at radius 1 is 1.05 bits per heavy atom. The van der Waals surface area contributed by atoms with Gasteiger partial charge >= 0.3 is 0 Å². The van der Waals surface area contributed by atoms with Crippen molar-refractivity contribution < 1.29 is 0 Å². The zero-order chi connectivity index (χ0) is 14.0. The van der Waals surface area contributed by atoms with Gasteiger partial charge < -0.3 is 10.6 Å². The summed E-state index contributed by atoms with van der Waals surface area (Å²) in [5.74, 6) is 0. The van der Waals surface area contributed by atoms with E-state index in [1.54, 1.807) is 0 Å². The lowest BCUT2D eigenvalue weighted by Gasteiger charge is -2.21. The van der Waals surface area contributed by atoms with Gasteiger partial charge in [0.15, 0.2) is 0 Å². The molecule has 0 saturated heterocycles. The summed E-state index contributed by atoms with van der Waals surface area (Å²) in [7, 11) is 2.08. The summed E-state index contributed by atoms with van der Waals surface area (Å²) in [4.78, 5) is 2.21. The molecule has 0 unspecified atom stereocenters. The van der Waals surface area contributed by atoms with Crippen LogP contribution in [0.5, 0.6) is 0 Å². The van der Waals surface area contributed by atoms with Gasteiger partial charge in [-0.25, -0.2) is 0 Å². The van der Waals surface area contributed by atoms with E-state index in [9.17, 15) is 0 Å². The molecule has 2 nitrogen and oxygen atoms in total. The third-order valence-corrected chi connectivity index (χ3v) is 3.47. The first kappa shape index (κ1) is 13.8. The molecule has 2 aromatic rings. The van der Waals surface area contributed by atoms with Gasteiger partial charge in [-0.2, -0.15) is 0 Å². The Bertz CT molecular complexity index is 573. The molecule has 0 aliphatic carbocycles. The average Bonchev–Trinajstić information content (AvgIpc) is 2.32. The molecule has 0 heterocycles. The molecule has 0 spiro atoms. The van der Waals surface area contributed by atoms with Crippen LogP contribution in [-0.2, 0) is 6.54 Å². The number of benzene rings is 2. The maximum absolute atomic E-state index is 5.94. The number of nitrogen functional groups attached to an aromatic ring is 1. The highest BCUT2D eigenvalue weighted by molar-refractivity contribution is 6.33. The number of nitrogens with zero attached hydrogens (tertiary/aromatic N) is 1. The number of anilines is 2. The number of halogens is 1. The van der Waals surface area contributed by atoms with E-state index in [1.165, 1.54) is 16.8 Å². The molecule has 0 aromatic heterocycles. The second-order valence-corrected chi connectivity index (χ2v) is 5.47. The van der Waals surface area contributed by atoms with Gasteiger partial charge in [-0.15, -0.1) is 0 Å². The molecule has 0 amide bonds. The van der Waals surface area contributed by atoms with Crippen LogP contribution in [-0.4, -0.2) is 7.05 Å². The van der Waals surface area contributed by atoms with Gasteiger partial charge in [-0.05, 0) is 54.8 Å². The number of nitrogens with two attached hydrogens (primary N) is 1. The molecular formula is C16H19ClN2. The monoisotopic (exact) mass is 274 g/mol. The highest BCUT2D eigenvalue weighted by Crippen LogP contribution is 2.23. The maximum Gasteiger partial charge on any atom is 0.0635 e. The van der Waals surface area contributed by atoms with E-state index < -0.39 is 0 Å². The first-order chi connectivity index (χ1) is 8.95. The molecule has 0 saturated carbocycles. The molecule has 19 heavy (non-hydrogen) atoms. The van der Waals surface area contributed by atoms with Crippen LogP contribution in [0, 0.1) is 13.8 Å². The van der Waals surface area contributed by atoms with Crippen LogP contribution in [0.1, 0.15) is 16.7 Å². The van der Waals surface area contributed by atoms with E-state index in [-0.39, 0.29) is 0 Å². The third-order valence-electron chi connectivity index (χ3n) is 3.13. The minimum Gasteiger partial charge on any atom is -0.398 e. The van der Waals surface area contributed by atoms with Crippen molar-refractivity contribution >= 4 is 23.0 Å². The van der Waals surface area contributed by atoms with Gasteiger partial charge in [0.1, 0.15) is 0 Å². The number of aryl methyl sites for hydroxylation is 2. The molecule has 3 heteroatoms. The van der Waals surface area contributed by atoms with Crippen molar-refractivity contribution in [2.45, 2.75) is 20.4 Å². The Hall–Kier alpha value is -1.67. The van der Waals surface area contributed by atoms with Gasteiger partial charge in [0.2, 0.25) is 0 Å². The largest absolute Gasteiger partial charge is 0.398 e. The molecule has 0 radical (unpaired) electrons. The fraction of sp³-hybridized carbons (Fsp3) is 0.250. The van der Waals surface area contributed by atoms with Crippen LogP contribution in [0.3, 0.4) is 0 Å². The van der Waals surface area contributed by atoms with Crippen molar-refractivity contribution in [1.29, 1.82) is 0 Å². The number of hydrogen-bond acceptors (Lipinski definition) is 2. The van der Waals surface area contributed by atoms with Gasteiger partial charge in [-0.3, -0.25) is 0 Å². The summed E-state index contributed by atoms with van der Waals surface area (Å²) in [5.41, 5.74) is 11.4. The zero-order valence-corrected chi connectivity index (χ0v) is 12.3. The molecule has 0 atom stereocenters. The molecular weight excluding hydrogens is 256 g/mol. The van der Waals surface area contributed by atoms with Crippen molar-refractivity contribution in [1.82, 2.24) is 0 Å². The van der Waals surface area contributed by atoms with Crippen LogP contribution < -0.4 is 10.6 Å². The molecule has 2 N–H and O–H groups in total. The van der Waals surface area contributed by atoms with Crippen LogP contribution in [0.15, 0.2) is 36.4 Å². The van der Waals surface area contributed by atoms with E-state index in [4.69, 9.17) is 17.3 Å². The van der Waals surface area contributed by atoms with Gasteiger partial charge in [0, 0.05) is 19.3 Å². The smallest absolute Gasteiger partial charge is 0.0635 e. The maximum atomic E-state index is 5.94. The standard InChI is InChI=1S/C16H19ClN2/c1-11-6-12(2)8-14(7-11)19(3)10-13-4-5-15(17)16(18)9-13/h4-9H,10,18H2,1-3H3. The predicted molar refractivity (Wildman–Crippen MR) is 83.9 cm³/mol. The van der Waals surface area contributed by atoms with Crippen molar-refractivity contribution in [2.75, 3.05) is 17.7 Å². The molecule has 2 aromatic carbocycles. The van der Waals surface area contributed by atoms with Crippen LogP contribution in [0.2, 0.25) is 5.02 Å². The van der Waals surface area contributed by atoms with E-state index in [1.807, 2.05) is 18.2 Å². The van der Waals surface area contributed by atoms with Gasteiger partial charge in [-0.1, -0.05) is 23.7 Å². The van der Waals surface area contributed by atoms with Gasteiger partial charge in [0.25, 0.3) is 0 Å². The van der Waals surface area contributed by atoms with E-state index in [0.717, 1.165) is 12.1 Å². The number of rotatable bonds is 3. The molecule has 2 rings (SSSR count). The Labute approximate surface area is 119 Å². The van der Waals surface area contributed by atoms with Gasteiger partial charge in [0.05, 0.1) is 10.7 Å². The van der Waals surface area contributed by atoms with Crippen molar-refractivity contribution in [3.8, 4) is 0 Å². The van der Waals surface area contributed by atoms with Crippen LogP contribution in [0.4, 0.5) is 11.4 Å². The first-order valence-corrected chi connectivity index (χ1v) is 6.67. The Morgan fingerprint density at radius 3 is 2.26 bits per heavy atom. The second kappa shape index (κ2) is 5.54. The molecule has 100 valence electrons. The highest BCUT2D eigenvalue weighted by Gasteiger charge is 2.05. The summed E-state index contributed by atoms with van der Waals surface area (Å²) in [6.07, 6.45) is 0. The average molecular weight is 275 g/mol. The van der Waals surface area contributed by atoms with E-state index in [0.29, 0.717) is 10.7 Å².